The summed E-state index contributed by atoms with van der Waals surface area (Å²) in [5.41, 5.74) is 0.489. The molecule has 5 nitrogen and oxygen atoms in total. The molecular formula is C12H14BrNO4. The number of furan rings is 1. The van der Waals surface area contributed by atoms with Crippen LogP contribution in [0.2, 0.25) is 0 Å². The molecule has 0 saturated carbocycles. The van der Waals surface area contributed by atoms with Gasteiger partial charge in [0.15, 0.2) is 4.67 Å². The summed E-state index contributed by atoms with van der Waals surface area (Å²) in [4.78, 5) is 24.8. The number of carbonyl (C=O) groups excluding carboxylic acids is 1. The van der Waals surface area contributed by atoms with E-state index in [0.717, 1.165) is 0 Å². The van der Waals surface area contributed by atoms with E-state index in [0.29, 0.717) is 29.7 Å². The third-order valence-corrected chi connectivity index (χ3v) is 3.74. The predicted octanol–water partition coefficient (Wildman–Crippen LogP) is 2.22. The highest BCUT2D eigenvalue weighted by molar-refractivity contribution is 9.10. The summed E-state index contributed by atoms with van der Waals surface area (Å²) in [5.74, 6) is -1.28. The van der Waals surface area contributed by atoms with Crippen LogP contribution in [-0.4, -0.2) is 35.0 Å². The Labute approximate surface area is 113 Å². The van der Waals surface area contributed by atoms with Crippen molar-refractivity contribution in [3.8, 4) is 0 Å². The standard InChI is InChI=1S/C12H14BrNO4/c1-7-5-14(3-2-9(7)12(16)17)11(15)8-4-10(13)18-6-8/h4,6-7,9H,2-3,5H2,1H3,(H,16,17). The molecule has 1 aromatic rings. The third-order valence-electron chi connectivity index (χ3n) is 3.32. The summed E-state index contributed by atoms with van der Waals surface area (Å²) in [6.07, 6.45) is 1.90. The molecular weight excluding hydrogens is 302 g/mol. The average molecular weight is 316 g/mol. The first kappa shape index (κ1) is 13.1. The van der Waals surface area contributed by atoms with Crippen LogP contribution in [0.15, 0.2) is 21.4 Å². The van der Waals surface area contributed by atoms with Crippen molar-refractivity contribution in [2.45, 2.75) is 13.3 Å². The second-order valence-electron chi connectivity index (χ2n) is 4.60. The minimum absolute atomic E-state index is 0.0319. The molecule has 0 spiro atoms. The molecule has 1 fully saturated rings. The maximum Gasteiger partial charge on any atom is 0.306 e. The topological polar surface area (TPSA) is 70.8 Å². The Kier molecular flexibility index (Phi) is 3.75. The lowest BCUT2D eigenvalue weighted by Crippen LogP contribution is -2.44. The second kappa shape index (κ2) is 5.14. The summed E-state index contributed by atoms with van der Waals surface area (Å²) in [6, 6.07) is 1.62. The summed E-state index contributed by atoms with van der Waals surface area (Å²) in [7, 11) is 0. The van der Waals surface area contributed by atoms with Crippen LogP contribution in [0.5, 0.6) is 0 Å². The van der Waals surface area contributed by atoms with E-state index in [4.69, 9.17) is 9.52 Å². The van der Waals surface area contributed by atoms with E-state index in [1.165, 1.54) is 6.26 Å². The van der Waals surface area contributed by atoms with Crippen LogP contribution in [-0.2, 0) is 4.79 Å². The molecule has 2 rings (SSSR count). The van der Waals surface area contributed by atoms with E-state index in [1.54, 1.807) is 11.0 Å². The smallest absolute Gasteiger partial charge is 0.306 e. The van der Waals surface area contributed by atoms with E-state index in [1.807, 2.05) is 6.92 Å². The number of carboxylic acids is 1. The molecule has 1 amide bonds. The highest BCUT2D eigenvalue weighted by Crippen LogP contribution is 2.25. The first-order valence-electron chi connectivity index (χ1n) is 5.75. The lowest BCUT2D eigenvalue weighted by molar-refractivity contribution is -0.145. The van der Waals surface area contributed by atoms with E-state index in [9.17, 15) is 9.59 Å². The summed E-state index contributed by atoms with van der Waals surface area (Å²) in [6.45, 7) is 2.81. The van der Waals surface area contributed by atoms with Crippen molar-refractivity contribution >= 4 is 27.8 Å². The summed E-state index contributed by atoms with van der Waals surface area (Å²) < 4.78 is 5.55. The largest absolute Gasteiger partial charge is 0.481 e. The number of halogens is 1. The normalized spacial score (nSPS) is 24.0. The van der Waals surface area contributed by atoms with Crippen molar-refractivity contribution in [2.75, 3.05) is 13.1 Å². The van der Waals surface area contributed by atoms with Gasteiger partial charge in [0.05, 0.1) is 11.5 Å². The number of hydrogen-bond acceptors (Lipinski definition) is 3. The summed E-state index contributed by atoms with van der Waals surface area (Å²) >= 11 is 3.15. The van der Waals surface area contributed by atoms with Crippen LogP contribution in [0.4, 0.5) is 0 Å². The quantitative estimate of drug-likeness (QED) is 0.908. The molecule has 98 valence electrons. The molecule has 6 heteroatoms. The first-order valence-corrected chi connectivity index (χ1v) is 6.54. The molecule has 0 radical (unpaired) electrons. The zero-order valence-corrected chi connectivity index (χ0v) is 11.5. The predicted molar refractivity (Wildman–Crippen MR) is 67.2 cm³/mol. The highest BCUT2D eigenvalue weighted by atomic mass is 79.9. The van der Waals surface area contributed by atoms with E-state index < -0.39 is 5.97 Å². The minimum atomic E-state index is -0.777. The number of amides is 1. The number of rotatable bonds is 2. The van der Waals surface area contributed by atoms with Crippen molar-refractivity contribution in [1.29, 1.82) is 0 Å². The van der Waals surface area contributed by atoms with Gasteiger partial charge < -0.3 is 14.4 Å². The van der Waals surface area contributed by atoms with Gasteiger partial charge >= 0.3 is 5.97 Å². The number of aliphatic carboxylic acids is 1. The Morgan fingerprint density at radius 1 is 1.56 bits per heavy atom. The van der Waals surface area contributed by atoms with Gasteiger partial charge in [0.2, 0.25) is 0 Å². The number of carboxylic acid groups (broad SMARTS) is 1. The molecule has 0 aliphatic carbocycles. The Morgan fingerprint density at radius 2 is 2.28 bits per heavy atom. The summed E-state index contributed by atoms with van der Waals surface area (Å²) in [5, 5.41) is 9.03. The van der Waals surface area contributed by atoms with E-state index >= 15 is 0 Å². The third kappa shape index (κ3) is 2.58. The van der Waals surface area contributed by atoms with Gasteiger partial charge in [0.25, 0.3) is 5.91 Å². The lowest BCUT2D eigenvalue weighted by atomic mass is 9.87. The molecule has 18 heavy (non-hydrogen) atoms. The molecule has 2 heterocycles. The van der Waals surface area contributed by atoms with Crippen LogP contribution in [0.1, 0.15) is 23.7 Å². The average Bonchev–Trinajstić information content (AvgIpc) is 2.74. The van der Waals surface area contributed by atoms with Gasteiger partial charge in [-0.1, -0.05) is 6.92 Å². The molecule has 1 saturated heterocycles. The Morgan fingerprint density at radius 3 is 2.78 bits per heavy atom. The van der Waals surface area contributed by atoms with Crippen molar-refractivity contribution < 1.29 is 19.1 Å². The van der Waals surface area contributed by atoms with Crippen LogP contribution < -0.4 is 0 Å². The maximum absolute atomic E-state index is 12.1. The Hall–Kier alpha value is -1.30. The molecule has 1 N–H and O–H groups in total. The van der Waals surface area contributed by atoms with E-state index in [2.05, 4.69) is 15.9 Å². The molecule has 0 aromatic carbocycles. The maximum atomic E-state index is 12.1. The zero-order valence-electron chi connectivity index (χ0n) is 9.93. The fraction of sp³-hybridized carbons (Fsp3) is 0.500. The lowest BCUT2D eigenvalue weighted by Gasteiger charge is -2.34. The van der Waals surface area contributed by atoms with Crippen molar-refractivity contribution in [1.82, 2.24) is 4.90 Å². The van der Waals surface area contributed by atoms with Gasteiger partial charge in [-0.05, 0) is 28.3 Å². The minimum Gasteiger partial charge on any atom is -0.481 e. The number of piperidine rings is 1. The highest BCUT2D eigenvalue weighted by Gasteiger charge is 2.33. The Balaban J connectivity index is 2.04. The van der Waals surface area contributed by atoms with Crippen LogP contribution in [0, 0.1) is 11.8 Å². The van der Waals surface area contributed by atoms with Crippen molar-refractivity contribution in [3.63, 3.8) is 0 Å². The number of carbonyl (C=O) groups is 2. The van der Waals surface area contributed by atoms with Gasteiger partial charge in [0.1, 0.15) is 6.26 Å². The van der Waals surface area contributed by atoms with Crippen molar-refractivity contribution in [3.05, 3.63) is 22.6 Å². The van der Waals surface area contributed by atoms with Gasteiger partial charge in [-0.3, -0.25) is 9.59 Å². The van der Waals surface area contributed by atoms with Crippen molar-refractivity contribution in [2.24, 2.45) is 11.8 Å². The molecule has 0 bridgehead atoms. The molecule has 1 aliphatic rings. The SMILES string of the molecule is CC1CN(C(=O)c2coc(Br)c2)CCC1C(=O)O. The molecule has 2 unspecified atom stereocenters. The molecule has 1 aromatic heterocycles. The fourth-order valence-corrected chi connectivity index (χ4v) is 2.64. The van der Waals surface area contributed by atoms with E-state index in [-0.39, 0.29) is 17.7 Å². The van der Waals surface area contributed by atoms with Crippen LogP contribution >= 0.6 is 15.9 Å². The van der Waals surface area contributed by atoms with Gasteiger partial charge in [-0.2, -0.15) is 0 Å². The fourth-order valence-electron chi connectivity index (χ4n) is 2.30. The monoisotopic (exact) mass is 315 g/mol. The van der Waals surface area contributed by atoms with Gasteiger partial charge in [-0.25, -0.2) is 0 Å². The van der Waals surface area contributed by atoms with Gasteiger partial charge in [-0.15, -0.1) is 0 Å². The molecule has 2 atom stereocenters. The molecule has 1 aliphatic heterocycles. The number of hydrogen-bond donors (Lipinski definition) is 1. The van der Waals surface area contributed by atoms with Crippen LogP contribution in [0.25, 0.3) is 0 Å². The first-order chi connectivity index (χ1) is 8.49. The second-order valence-corrected chi connectivity index (χ2v) is 5.38. The number of likely N-dealkylation sites (tertiary alicyclic amines) is 1. The zero-order chi connectivity index (χ0) is 13.3. The Bertz CT molecular complexity index is 470. The van der Waals surface area contributed by atoms with Crippen LogP contribution in [0.3, 0.4) is 0 Å². The van der Waals surface area contributed by atoms with Gasteiger partial charge in [0, 0.05) is 19.2 Å². The number of nitrogens with zero attached hydrogens (tertiary/aromatic N) is 1.